The van der Waals surface area contributed by atoms with Gasteiger partial charge in [-0.3, -0.25) is 0 Å². The van der Waals surface area contributed by atoms with Gasteiger partial charge in [-0.1, -0.05) is 0 Å². The molecule has 3 heterocycles. The van der Waals surface area contributed by atoms with Gasteiger partial charge in [-0.2, -0.15) is 8.82 Å². The Morgan fingerprint density at radius 2 is 2.00 bits per heavy atom. The average molecular weight is 431 g/mol. The number of benzene rings is 1. The Morgan fingerprint density at radius 1 is 1.17 bits per heavy atom. The van der Waals surface area contributed by atoms with Crippen molar-refractivity contribution in [3.63, 3.8) is 0 Å². The Labute approximate surface area is 173 Å². The number of aryl methyl sites for hydroxylation is 1. The lowest BCUT2D eigenvalue weighted by Gasteiger charge is -2.18. The topological polar surface area (TPSA) is 89.7 Å². The van der Waals surface area contributed by atoms with Gasteiger partial charge in [0.25, 0.3) is 0 Å². The van der Waals surface area contributed by atoms with Crippen molar-refractivity contribution >= 4 is 15.7 Å². The maximum absolute atomic E-state index is 13.3. The summed E-state index contributed by atoms with van der Waals surface area (Å²) in [5.41, 5.74) is 1.10. The third-order valence-corrected chi connectivity index (χ3v) is 7.70. The highest BCUT2D eigenvalue weighted by molar-refractivity contribution is 7.89. The molecule has 3 aromatic rings. The van der Waals surface area contributed by atoms with Crippen molar-refractivity contribution in [2.75, 3.05) is 19.7 Å². The van der Waals surface area contributed by atoms with E-state index in [1.54, 1.807) is 17.5 Å². The summed E-state index contributed by atoms with van der Waals surface area (Å²) in [6, 6.07) is 7.33. The third-order valence-electron chi connectivity index (χ3n) is 5.68. The molecule has 1 aliphatic carbocycles. The van der Waals surface area contributed by atoms with Gasteiger partial charge in [0.15, 0.2) is 11.5 Å². The molecule has 1 saturated heterocycles. The van der Waals surface area contributed by atoms with Crippen LogP contribution in [0.2, 0.25) is 0 Å². The smallest absolute Gasteiger partial charge is 0.243 e. The van der Waals surface area contributed by atoms with Crippen LogP contribution in [-0.2, 0) is 10.0 Å². The van der Waals surface area contributed by atoms with Gasteiger partial charge >= 0.3 is 0 Å². The summed E-state index contributed by atoms with van der Waals surface area (Å²) in [6.07, 6.45) is 2.91. The van der Waals surface area contributed by atoms with Gasteiger partial charge in [0.05, 0.1) is 11.5 Å². The van der Waals surface area contributed by atoms with Crippen LogP contribution >= 0.6 is 0 Å². The number of hydrogen-bond donors (Lipinski definition) is 0. The van der Waals surface area contributed by atoms with Crippen LogP contribution < -0.4 is 4.74 Å². The van der Waals surface area contributed by atoms with Crippen LogP contribution in [0.25, 0.3) is 5.65 Å². The van der Waals surface area contributed by atoms with E-state index in [0.29, 0.717) is 49.1 Å². The van der Waals surface area contributed by atoms with E-state index >= 15 is 0 Å². The molecule has 1 unspecified atom stereocenters. The quantitative estimate of drug-likeness (QED) is 0.596. The van der Waals surface area contributed by atoms with Gasteiger partial charge in [0.2, 0.25) is 15.9 Å². The van der Waals surface area contributed by atoms with Crippen molar-refractivity contribution in [1.82, 2.24) is 24.1 Å². The summed E-state index contributed by atoms with van der Waals surface area (Å²) >= 11 is 0. The Kier molecular flexibility index (Phi) is 4.70. The lowest BCUT2D eigenvalue weighted by Crippen LogP contribution is -2.30. The first-order valence-electron chi connectivity index (χ1n) is 10.0. The standard InChI is InChI=1S/C20H22FN5O3S/c1-13-10-16(21)4-5-17(13)30(27,28)25-9-8-14(11-25)12-29-19-7-6-18-22-23-20(15-2-3-15)26(18)24-19/h4-7,10,14-15H,2-3,8-9,11-12H2,1H3. The molecule has 1 saturated carbocycles. The third kappa shape index (κ3) is 3.54. The molecule has 1 atom stereocenters. The summed E-state index contributed by atoms with van der Waals surface area (Å²) in [4.78, 5) is 0.151. The van der Waals surface area contributed by atoms with Crippen LogP contribution in [0, 0.1) is 18.7 Å². The van der Waals surface area contributed by atoms with Crippen LogP contribution in [0.4, 0.5) is 4.39 Å². The first-order chi connectivity index (χ1) is 14.4. The fourth-order valence-corrected chi connectivity index (χ4v) is 5.59. The molecule has 0 spiro atoms. The van der Waals surface area contributed by atoms with Crippen molar-refractivity contribution in [3.8, 4) is 5.88 Å². The first-order valence-corrected chi connectivity index (χ1v) is 11.5. The minimum absolute atomic E-state index is 0.0573. The second-order valence-corrected chi connectivity index (χ2v) is 9.92. The van der Waals surface area contributed by atoms with Gasteiger partial charge < -0.3 is 4.74 Å². The first kappa shape index (κ1) is 19.4. The fraction of sp³-hybridized carbons (Fsp3) is 0.450. The molecule has 0 bridgehead atoms. The number of sulfonamides is 1. The van der Waals surface area contributed by atoms with Crippen molar-refractivity contribution < 1.29 is 17.5 Å². The molecule has 0 N–H and O–H groups in total. The van der Waals surface area contributed by atoms with E-state index < -0.39 is 15.8 Å². The van der Waals surface area contributed by atoms with E-state index in [0.717, 1.165) is 18.7 Å². The molecule has 30 heavy (non-hydrogen) atoms. The molecule has 2 aromatic heterocycles. The summed E-state index contributed by atoms with van der Waals surface area (Å²) in [7, 11) is -3.66. The van der Waals surface area contributed by atoms with Gasteiger partial charge in [-0.15, -0.1) is 15.3 Å². The zero-order chi connectivity index (χ0) is 20.9. The molecule has 0 radical (unpaired) electrons. The second kappa shape index (κ2) is 7.28. The number of rotatable bonds is 6. The predicted molar refractivity (Wildman–Crippen MR) is 106 cm³/mol. The summed E-state index contributed by atoms with van der Waals surface area (Å²) in [5.74, 6) is 1.37. The number of halogens is 1. The molecule has 2 fully saturated rings. The molecule has 5 rings (SSSR count). The van der Waals surface area contributed by atoms with Gasteiger partial charge in [-0.05, 0) is 56.0 Å². The highest BCUT2D eigenvalue weighted by Gasteiger charge is 2.34. The molecule has 1 aromatic carbocycles. The number of ether oxygens (including phenoxy) is 1. The van der Waals surface area contributed by atoms with E-state index in [-0.39, 0.29) is 10.8 Å². The molecular weight excluding hydrogens is 409 g/mol. The zero-order valence-electron chi connectivity index (χ0n) is 16.5. The van der Waals surface area contributed by atoms with Gasteiger partial charge in [0, 0.05) is 31.0 Å². The molecule has 2 aliphatic rings. The molecule has 0 amide bonds. The number of hydrogen-bond acceptors (Lipinski definition) is 6. The van der Waals surface area contributed by atoms with Gasteiger partial charge in [-0.25, -0.2) is 12.8 Å². The van der Waals surface area contributed by atoms with Crippen LogP contribution in [-0.4, -0.2) is 52.2 Å². The predicted octanol–water partition coefficient (Wildman–Crippen LogP) is 2.54. The summed E-state index contributed by atoms with van der Waals surface area (Å²) < 4.78 is 48.3. The fourth-order valence-electron chi connectivity index (χ4n) is 3.86. The lowest BCUT2D eigenvalue weighted by molar-refractivity contribution is 0.243. The maximum atomic E-state index is 13.3. The zero-order valence-corrected chi connectivity index (χ0v) is 17.3. The maximum Gasteiger partial charge on any atom is 0.243 e. The van der Waals surface area contributed by atoms with Crippen LogP contribution in [0.1, 0.15) is 36.6 Å². The van der Waals surface area contributed by atoms with E-state index in [1.807, 2.05) is 6.07 Å². The van der Waals surface area contributed by atoms with Gasteiger partial charge in [0.1, 0.15) is 5.82 Å². The Morgan fingerprint density at radius 3 is 2.77 bits per heavy atom. The SMILES string of the molecule is Cc1cc(F)ccc1S(=O)(=O)N1CCC(COc2ccc3nnc(C4CC4)n3n2)C1. The van der Waals surface area contributed by atoms with Crippen molar-refractivity contribution in [2.45, 2.75) is 37.0 Å². The molecule has 1 aliphatic heterocycles. The second-order valence-electron chi connectivity index (χ2n) is 8.01. The monoisotopic (exact) mass is 431 g/mol. The summed E-state index contributed by atoms with van der Waals surface area (Å²) in [5, 5.41) is 12.8. The Bertz CT molecular complexity index is 1210. The highest BCUT2D eigenvalue weighted by Crippen LogP contribution is 2.38. The van der Waals surface area contributed by atoms with Crippen molar-refractivity contribution in [2.24, 2.45) is 5.92 Å². The molecular formula is C20H22FN5O3S. The van der Waals surface area contributed by atoms with E-state index in [2.05, 4.69) is 15.3 Å². The van der Waals surface area contributed by atoms with Crippen LogP contribution in [0.3, 0.4) is 0 Å². The van der Waals surface area contributed by atoms with Crippen LogP contribution in [0.5, 0.6) is 5.88 Å². The van der Waals surface area contributed by atoms with E-state index in [9.17, 15) is 12.8 Å². The minimum atomic E-state index is -3.66. The molecule has 8 nitrogen and oxygen atoms in total. The Balaban J connectivity index is 1.25. The lowest BCUT2D eigenvalue weighted by atomic mass is 10.1. The average Bonchev–Trinajstić information content (AvgIpc) is 3.28. The normalized spacial score (nSPS) is 20.1. The van der Waals surface area contributed by atoms with Crippen LogP contribution in [0.15, 0.2) is 35.2 Å². The number of fused-ring (bicyclic) bond motifs is 1. The molecule has 158 valence electrons. The van der Waals surface area contributed by atoms with E-state index in [4.69, 9.17) is 4.74 Å². The van der Waals surface area contributed by atoms with Crippen molar-refractivity contribution in [3.05, 3.63) is 47.5 Å². The largest absolute Gasteiger partial charge is 0.476 e. The number of aromatic nitrogens is 4. The number of nitrogens with zero attached hydrogens (tertiary/aromatic N) is 5. The minimum Gasteiger partial charge on any atom is -0.476 e. The highest BCUT2D eigenvalue weighted by atomic mass is 32.2. The van der Waals surface area contributed by atoms with E-state index in [1.165, 1.54) is 22.5 Å². The van der Waals surface area contributed by atoms with Crippen molar-refractivity contribution in [1.29, 1.82) is 0 Å². The Hall–Kier alpha value is -2.59. The summed E-state index contributed by atoms with van der Waals surface area (Å²) in [6.45, 7) is 2.75. The molecule has 10 heteroatoms.